The van der Waals surface area contributed by atoms with E-state index in [1.807, 2.05) is 70.5 Å². The summed E-state index contributed by atoms with van der Waals surface area (Å²) >= 11 is 0. The molecule has 1 spiro atoms. The fourth-order valence-electron chi connectivity index (χ4n) is 9.38. The number of benzene rings is 3. The average Bonchev–Trinajstić information content (AvgIpc) is 3.62. The molecule has 2 saturated heterocycles. The Morgan fingerprint density at radius 1 is 1.02 bits per heavy atom. The van der Waals surface area contributed by atoms with Gasteiger partial charge >= 0.3 is 0 Å². The van der Waals surface area contributed by atoms with E-state index in [4.69, 9.17) is 9.47 Å². The van der Waals surface area contributed by atoms with Gasteiger partial charge in [-0.2, -0.15) is 0 Å². The summed E-state index contributed by atoms with van der Waals surface area (Å²) < 4.78 is 12.9. The van der Waals surface area contributed by atoms with Crippen molar-refractivity contribution in [2.75, 3.05) is 43.2 Å². The number of anilines is 2. The summed E-state index contributed by atoms with van der Waals surface area (Å²) in [4.78, 5) is 48.6. The summed E-state index contributed by atoms with van der Waals surface area (Å²) in [5.74, 6) is 0.283. The van der Waals surface area contributed by atoms with Crippen molar-refractivity contribution >= 4 is 42.4 Å². The highest BCUT2D eigenvalue weighted by Crippen LogP contribution is 2.60. The molecule has 10 heteroatoms. The highest BCUT2D eigenvalue weighted by atomic mass is 28.3. The minimum absolute atomic E-state index is 0.0620. The zero-order chi connectivity index (χ0) is 40.9. The number of amides is 3. The molecule has 1 N–H and O–H groups in total. The molecule has 2 fully saturated rings. The summed E-state index contributed by atoms with van der Waals surface area (Å²) in [6.45, 7) is 14.5. The molecule has 4 atom stereocenters. The van der Waals surface area contributed by atoms with Crippen molar-refractivity contribution < 1.29 is 29.0 Å². The van der Waals surface area contributed by atoms with Gasteiger partial charge in [0.25, 0.3) is 5.91 Å². The quantitative estimate of drug-likeness (QED) is 0.124. The van der Waals surface area contributed by atoms with E-state index in [0.717, 1.165) is 53.9 Å². The van der Waals surface area contributed by atoms with Gasteiger partial charge in [0, 0.05) is 49.8 Å². The first-order chi connectivity index (χ1) is 27.3. The van der Waals surface area contributed by atoms with Crippen LogP contribution in [0.2, 0.25) is 18.6 Å². The van der Waals surface area contributed by atoms with Crippen LogP contribution >= 0.6 is 0 Å². The molecule has 6 rings (SSSR count). The number of hydrogen-bond donors (Lipinski definition) is 1. The minimum Gasteiger partial charge on any atom is -0.497 e. The molecule has 0 aromatic heterocycles. The van der Waals surface area contributed by atoms with Crippen LogP contribution in [0, 0.1) is 5.92 Å². The SMILES string of the molecule is COc1ccc([Si](C)(C)[C@@H]2[C@@H](CC(=O)N(CCO)Cc3ccccc3)O[C@]3(C(=O)N(C/C=C(\C)CCC=C(C)C)c4ccc(N5CCCCC5=O)cc43)[C@H]2C)cc1. The van der Waals surface area contributed by atoms with Gasteiger partial charge < -0.3 is 29.3 Å². The zero-order valence-electron chi connectivity index (χ0n) is 34.9. The number of allylic oxidation sites excluding steroid dienone is 3. The van der Waals surface area contributed by atoms with Crippen LogP contribution < -0.4 is 19.7 Å². The summed E-state index contributed by atoms with van der Waals surface area (Å²) in [6, 6.07) is 24.0. The molecule has 0 aliphatic carbocycles. The van der Waals surface area contributed by atoms with E-state index in [9.17, 15) is 14.7 Å². The van der Waals surface area contributed by atoms with Crippen molar-refractivity contribution in [1.29, 1.82) is 0 Å². The zero-order valence-corrected chi connectivity index (χ0v) is 35.9. The molecule has 9 nitrogen and oxygen atoms in total. The van der Waals surface area contributed by atoms with Gasteiger partial charge in [-0.1, -0.05) is 91.0 Å². The molecule has 304 valence electrons. The molecular weight excluding hydrogens is 731 g/mol. The van der Waals surface area contributed by atoms with Crippen molar-refractivity contribution in [2.24, 2.45) is 5.92 Å². The predicted molar refractivity (Wildman–Crippen MR) is 231 cm³/mol. The van der Waals surface area contributed by atoms with Gasteiger partial charge in [-0.3, -0.25) is 14.4 Å². The van der Waals surface area contributed by atoms with Crippen LogP contribution in [0.3, 0.4) is 0 Å². The summed E-state index contributed by atoms with van der Waals surface area (Å²) in [7, 11) is -0.883. The van der Waals surface area contributed by atoms with E-state index in [1.165, 1.54) is 16.3 Å². The molecule has 3 aromatic rings. The Morgan fingerprint density at radius 2 is 1.75 bits per heavy atom. The van der Waals surface area contributed by atoms with E-state index < -0.39 is 19.8 Å². The second kappa shape index (κ2) is 18.0. The number of fused-ring (bicyclic) bond motifs is 2. The Bertz CT molecular complexity index is 1970. The Labute approximate surface area is 340 Å². The van der Waals surface area contributed by atoms with E-state index in [-0.39, 0.29) is 48.8 Å². The van der Waals surface area contributed by atoms with Crippen LogP contribution in [0.1, 0.15) is 77.3 Å². The second-order valence-electron chi connectivity index (χ2n) is 16.9. The number of carbonyl (C=O) groups excluding carboxylic acids is 3. The van der Waals surface area contributed by atoms with Crippen LogP contribution in [0.5, 0.6) is 5.75 Å². The Morgan fingerprint density at radius 3 is 2.42 bits per heavy atom. The summed E-state index contributed by atoms with van der Waals surface area (Å²) in [5, 5.41) is 11.3. The van der Waals surface area contributed by atoms with Crippen LogP contribution in [-0.4, -0.2) is 75.3 Å². The lowest BCUT2D eigenvalue weighted by molar-refractivity contribution is -0.149. The Kier molecular flexibility index (Phi) is 13.3. The minimum atomic E-state index is -2.54. The Hall–Kier alpha value is -4.51. The number of aliphatic hydroxyl groups is 1. The molecule has 3 heterocycles. The molecule has 0 unspecified atom stereocenters. The lowest BCUT2D eigenvalue weighted by Crippen LogP contribution is -2.52. The van der Waals surface area contributed by atoms with Gasteiger partial charge in [0.2, 0.25) is 11.8 Å². The summed E-state index contributed by atoms with van der Waals surface area (Å²) in [5.41, 5.74) is 4.26. The molecular formula is C47H61N3O6Si. The van der Waals surface area contributed by atoms with Crippen LogP contribution in [0.4, 0.5) is 11.4 Å². The van der Waals surface area contributed by atoms with Crippen molar-refractivity contribution in [3.63, 3.8) is 0 Å². The first kappa shape index (κ1) is 42.1. The van der Waals surface area contributed by atoms with Crippen molar-refractivity contribution in [2.45, 2.75) is 103 Å². The molecule has 3 aliphatic heterocycles. The topological polar surface area (TPSA) is 99.6 Å². The molecule has 0 radical (unpaired) electrons. The fourth-order valence-corrected chi connectivity index (χ4v) is 13.4. The average molecular weight is 792 g/mol. The maximum Gasteiger partial charge on any atom is 0.264 e. The van der Waals surface area contributed by atoms with Gasteiger partial charge in [0.05, 0.1) is 40.0 Å². The molecule has 3 aromatic carbocycles. The lowest BCUT2D eigenvalue weighted by Gasteiger charge is -2.37. The van der Waals surface area contributed by atoms with Crippen LogP contribution in [-0.2, 0) is 31.3 Å². The monoisotopic (exact) mass is 791 g/mol. The summed E-state index contributed by atoms with van der Waals surface area (Å²) in [6.07, 6.45) is 7.97. The lowest BCUT2D eigenvalue weighted by atomic mass is 9.82. The number of piperidine rings is 1. The molecule has 3 amide bonds. The van der Waals surface area contributed by atoms with Crippen molar-refractivity contribution in [1.82, 2.24) is 4.90 Å². The Balaban J connectivity index is 1.45. The van der Waals surface area contributed by atoms with Gasteiger partial charge in [-0.25, -0.2) is 0 Å². The predicted octanol–water partition coefficient (Wildman–Crippen LogP) is 7.88. The smallest absolute Gasteiger partial charge is 0.264 e. The van der Waals surface area contributed by atoms with Crippen molar-refractivity contribution in [3.05, 3.63) is 107 Å². The van der Waals surface area contributed by atoms with Gasteiger partial charge in [0.15, 0.2) is 5.60 Å². The molecule has 0 saturated carbocycles. The molecule has 0 bridgehead atoms. The maximum atomic E-state index is 15.4. The fraction of sp³-hybridized carbons (Fsp3) is 0.468. The normalized spacial score (nSPS) is 22.2. The van der Waals surface area contributed by atoms with Gasteiger partial charge in [-0.15, -0.1) is 0 Å². The maximum absolute atomic E-state index is 15.4. The third-order valence-corrected chi connectivity index (χ3v) is 16.8. The number of hydrogen-bond acceptors (Lipinski definition) is 6. The van der Waals surface area contributed by atoms with E-state index in [1.54, 1.807) is 12.0 Å². The number of methoxy groups -OCH3 is 1. The number of carbonyl (C=O) groups is 3. The molecule has 3 aliphatic rings. The largest absolute Gasteiger partial charge is 0.497 e. The van der Waals surface area contributed by atoms with Gasteiger partial charge in [-0.05, 0) is 87.9 Å². The first-order valence-electron chi connectivity index (χ1n) is 20.6. The van der Waals surface area contributed by atoms with E-state index in [0.29, 0.717) is 26.1 Å². The van der Waals surface area contributed by atoms with Crippen LogP contribution in [0.25, 0.3) is 0 Å². The number of ether oxygens (including phenoxy) is 2. The number of nitrogens with zero attached hydrogens (tertiary/aromatic N) is 3. The standard InChI is InChI=1S/C47H61N3O6Si/c1-33(2)14-13-15-34(3)25-27-50-41-24-19-37(49-26-12-11-18-43(49)52)30-40(41)47(46(50)54)35(4)45(57(6,7)39-22-20-38(55-5)21-23-39)42(56-47)31-44(53)48(28-29-51)32-36-16-9-8-10-17-36/h8-10,14,16-17,19-25,30,35,42,45,51H,11-13,15,18,26-29,31-32H2,1-7H3/b34-25+/t35-,42+,45-,47+/m0/s1. The number of rotatable bonds is 15. The van der Waals surface area contributed by atoms with Gasteiger partial charge in [0.1, 0.15) is 5.75 Å². The van der Waals surface area contributed by atoms with Crippen LogP contribution in [0.15, 0.2) is 96.1 Å². The molecule has 57 heavy (non-hydrogen) atoms. The first-order valence-corrected chi connectivity index (χ1v) is 23.7. The highest BCUT2D eigenvalue weighted by Gasteiger charge is 2.66. The van der Waals surface area contributed by atoms with E-state index >= 15 is 4.79 Å². The van der Waals surface area contributed by atoms with E-state index in [2.05, 4.69) is 65.1 Å². The highest BCUT2D eigenvalue weighted by molar-refractivity contribution is 6.91. The third kappa shape index (κ3) is 8.69. The van der Waals surface area contributed by atoms with Crippen molar-refractivity contribution in [3.8, 4) is 5.75 Å². The third-order valence-electron chi connectivity index (χ3n) is 12.5. The number of aliphatic hydroxyl groups excluding tert-OH is 1. The second-order valence-corrected chi connectivity index (χ2v) is 21.6.